The second-order valence-electron chi connectivity index (χ2n) is 4.75. The van der Waals surface area contributed by atoms with Crippen LogP contribution in [0.4, 0.5) is 0 Å². The molecule has 0 unspecified atom stereocenters. The molecule has 0 saturated heterocycles. The molecule has 0 spiro atoms. The van der Waals surface area contributed by atoms with Crippen molar-refractivity contribution in [3.8, 4) is 11.5 Å². The van der Waals surface area contributed by atoms with Crippen LogP contribution < -0.4 is 4.74 Å². The smallest absolute Gasteiger partial charge is 0.341 e. The summed E-state index contributed by atoms with van der Waals surface area (Å²) in [5.41, 5.74) is 1.06. The molecule has 5 nitrogen and oxygen atoms in total. The van der Waals surface area contributed by atoms with E-state index in [0.29, 0.717) is 11.1 Å². The molecule has 0 aliphatic heterocycles. The maximum Gasteiger partial charge on any atom is 0.341 e. The number of carbonyl (C=O) groups is 2. The number of hydrogen-bond acceptors (Lipinski definition) is 4. The first-order chi connectivity index (χ1) is 10.8. The number of phenolic OH excluding ortho intramolecular Hbond substituents is 1. The van der Waals surface area contributed by atoms with E-state index in [4.69, 9.17) is 33.0 Å². The number of aryl methyl sites for hydroxylation is 1. The highest BCUT2D eigenvalue weighted by Crippen LogP contribution is 2.36. The van der Waals surface area contributed by atoms with E-state index in [1.807, 2.05) is 0 Å². The Bertz CT molecular complexity index is 786. The predicted octanol–water partition coefficient (Wildman–Crippen LogP) is 3.70. The van der Waals surface area contributed by atoms with E-state index in [0.717, 1.165) is 0 Å². The first-order valence-electron chi connectivity index (χ1n) is 6.48. The van der Waals surface area contributed by atoms with E-state index < -0.39 is 12.6 Å². The zero-order valence-electron chi connectivity index (χ0n) is 12.0. The minimum absolute atomic E-state index is 0.0229. The van der Waals surface area contributed by atoms with Crippen molar-refractivity contribution >= 4 is 35.0 Å². The number of hydrogen-bond donors (Lipinski definition) is 2. The Balaban J connectivity index is 2.36. The lowest BCUT2D eigenvalue weighted by Crippen LogP contribution is -2.10. The highest BCUT2D eigenvalue weighted by atomic mass is 35.5. The van der Waals surface area contributed by atoms with Crippen molar-refractivity contribution in [1.82, 2.24) is 0 Å². The monoisotopic (exact) mass is 354 g/mol. The molecule has 0 fully saturated rings. The number of phenols is 1. The zero-order valence-corrected chi connectivity index (χ0v) is 13.5. The van der Waals surface area contributed by atoms with Crippen molar-refractivity contribution in [1.29, 1.82) is 0 Å². The van der Waals surface area contributed by atoms with Gasteiger partial charge in [-0.1, -0.05) is 23.2 Å². The summed E-state index contributed by atoms with van der Waals surface area (Å²) in [4.78, 5) is 23.0. The summed E-state index contributed by atoms with van der Waals surface area (Å²) in [7, 11) is 0. The molecule has 0 bridgehead atoms. The minimum atomic E-state index is -1.16. The number of aromatic hydroxyl groups is 1. The third kappa shape index (κ3) is 3.75. The molecule has 2 aromatic rings. The number of carboxylic acid groups (broad SMARTS) is 1. The molecule has 2 aromatic carbocycles. The Morgan fingerprint density at radius 3 is 2.43 bits per heavy atom. The fourth-order valence-electron chi connectivity index (χ4n) is 1.91. The first-order valence-corrected chi connectivity index (χ1v) is 7.23. The lowest BCUT2D eigenvalue weighted by molar-refractivity contribution is -0.139. The molecule has 0 heterocycles. The summed E-state index contributed by atoms with van der Waals surface area (Å²) in [6.07, 6.45) is 0. The van der Waals surface area contributed by atoms with Crippen molar-refractivity contribution in [2.24, 2.45) is 0 Å². The fourth-order valence-corrected chi connectivity index (χ4v) is 2.37. The fraction of sp³-hybridized carbons (Fsp3) is 0.125. The average molecular weight is 355 g/mol. The zero-order chi connectivity index (χ0) is 17.1. The molecule has 0 aliphatic rings. The van der Waals surface area contributed by atoms with Gasteiger partial charge in [-0.3, -0.25) is 4.79 Å². The van der Waals surface area contributed by atoms with Crippen LogP contribution in [-0.4, -0.2) is 28.6 Å². The second-order valence-corrected chi connectivity index (χ2v) is 5.51. The normalized spacial score (nSPS) is 10.4. The summed E-state index contributed by atoms with van der Waals surface area (Å²) >= 11 is 12.1. The number of rotatable bonds is 5. The molecule has 2 N–H and O–H groups in total. The van der Waals surface area contributed by atoms with Crippen LogP contribution in [0.3, 0.4) is 0 Å². The number of ketones is 1. The number of ether oxygens (including phenoxy) is 1. The lowest BCUT2D eigenvalue weighted by atomic mass is 10.0. The van der Waals surface area contributed by atoms with Crippen LogP contribution >= 0.6 is 23.2 Å². The minimum Gasteiger partial charge on any atom is -0.508 e. The molecule has 0 amide bonds. The van der Waals surface area contributed by atoms with Gasteiger partial charge >= 0.3 is 5.97 Å². The van der Waals surface area contributed by atoms with Crippen LogP contribution in [0.25, 0.3) is 0 Å². The van der Waals surface area contributed by atoms with Crippen LogP contribution in [0, 0.1) is 6.92 Å². The second kappa shape index (κ2) is 6.89. The van der Waals surface area contributed by atoms with Gasteiger partial charge in [-0.15, -0.1) is 0 Å². The van der Waals surface area contributed by atoms with Gasteiger partial charge in [-0.05, 0) is 42.8 Å². The van der Waals surface area contributed by atoms with E-state index >= 15 is 0 Å². The highest BCUT2D eigenvalue weighted by Gasteiger charge is 2.19. The van der Waals surface area contributed by atoms with Gasteiger partial charge in [0.1, 0.15) is 16.5 Å². The van der Waals surface area contributed by atoms with Crippen molar-refractivity contribution in [2.75, 3.05) is 6.61 Å². The summed E-state index contributed by atoms with van der Waals surface area (Å²) < 4.78 is 4.99. The van der Waals surface area contributed by atoms with Gasteiger partial charge in [0, 0.05) is 11.1 Å². The standard InChI is InChI=1S/C16H12Cl2O5/c1-8-6-9(2-4-11(8)19)16(22)10-3-5-12(15(18)14(10)17)23-7-13(20)21/h2-6,19H,7H2,1H3,(H,20,21). The van der Waals surface area contributed by atoms with E-state index in [1.54, 1.807) is 6.92 Å². The van der Waals surface area contributed by atoms with Gasteiger partial charge in [-0.25, -0.2) is 4.79 Å². The van der Waals surface area contributed by atoms with Gasteiger partial charge < -0.3 is 14.9 Å². The molecule has 0 aliphatic carbocycles. The van der Waals surface area contributed by atoms with E-state index in [1.165, 1.54) is 30.3 Å². The number of aliphatic carboxylic acids is 1. The van der Waals surface area contributed by atoms with E-state index in [9.17, 15) is 14.7 Å². The summed E-state index contributed by atoms with van der Waals surface area (Å²) in [5, 5.41) is 18.1. The van der Waals surface area contributed by atoms with Crippen LogP contribution in [0.15, 0.2) is 30.3 Å². The van der Waals surface area contributed by atoms with Crippen molar-refractivity contribution in [3.05, 3.63) is 57.1 Å². The van der Waals surface area contributed by atoms with Crippen LogP contribution in [-0.2, 0) is 4.79 Å². The third-order valence-electron chi connectivity index (χ3n) is 3.10. The lowest BCUT2D eigenvalue weighted by Gasteiger charge is -2.11. The van der Waals surface area contributed by atoms with Gasteiger partial charge in [0.05, 0.1) is 5.02 Å². The van der Waals surface area contributed by atoms with Gasteiger partial charge in [0.25, 0.3) is 0 Å². The van der Waals surface area contributed by atoms with Crippen LogP contribution in [0.5, 0.6) is 11.5 Å². The maximum atomic E-state index is 12.5. The molecular formula is C16H12Cl2O5. The average Bonchev–Trinajstić information content (AvgIpc) is 2.50. The van der Waals surface area contributed by atoms with Crippen LogP contribution in [0.2, 0.25) is 10.0 Å². The Hall–Kier alpha value is -2.24. The topological polar surface area (TPSA) is 83.8 Å². The largest absolute Gasteiger partial charge is 0.508 e. The van der Waals surface area contributed by atoms with Crippen molar-refractivity contribution < 1.29 is 24.5 Å². The Labute approximate surface area is 142 Å². The molecule has 0 saturated carbocycles. The first kappa shape index (κ1) is 17.1. The molecule has 0 radical (unpaired) electrons. The molecule has 2 rings (SSSR count). The Kier molecular flexibility index (Phi) is 5.13. The summed E-state index contributed by atoms with van der Waals surface area (Å²) in [6, 6.07) is 7.23. The number of benzene rings is 2. The molecule has 0 aromatic heterocycles. The quantitative estimate of drug-likeness (QED) is 0.799. The Morgan fingerprint density at radius 1 is 1.13 bits per heavy atom. The molecule has 23 heavy (non-hydrogen) atoms. The van der Waals surface area contributed by atoms with Gasteiger partial charge in [0.15, 0.2) is 12.4 Å². The Morgan fingerprint density at radius 2 is 1.83 bits per heavy atom. The number of carbonyl (C=O) groups excluding carboxylic acids is 1. The highest BCUT2D eigenvalue weighted by molar-refractivity contribution is 6.45. The molecule has 120 valence electrons. The van der Waals surface area contributed by atoms with Gasteiger partial charge in [-0.2, -0.15) is 0 Å². The van der Waals surface area contributed by atoms with Crippen molar-refractivity contribution in [3.63, 3.8) is 0 Å². The number of carboxylic acids is 1. The maximum absolute atomic E-state index is 12.5. The molecular weight excluding hydrogens is 343 g/mol. The van der Waals surface area contributed by atoms with Gasteiger partial charge in [0.2, 0.25) is 0 Å². The third-order valence-corrected chi connectivity index (χ3v) is 3.97. The van der Waals surface area contributed by atoms with E-state index in [-0.39, 0.29) is 32.9 Å². The molecule has 7 heteroatoms. The molecule has 0 atom stereocenters. The van der Waals surface area contributed by atoms with E-state index in [2.05, 4.69) is 0 Å². The SMILES string of the molecule is Cc1cc(C(=O)c2ccc(OCC(=O)O)c(Cl)c2Cl)ccc1O. The summed E-state index contributed by atoms with van der Waals surface area (Å²) in [6.45, 7) is 1.10. The van der Waals surface area contributed by atoms with Crippen molar-refractivity contribution in [2.45, 2.75) is 6.92 Å². The predicted molar refractivity (Wildman–Crippen MR) is 85.9 cm³/mol. The van der Waals surface area contributed by atoms with Crippen LogP contribution in [0.1, 0.15) is 21.5 Å². The summed E-state index contributed by atoms with van der Waals surface area (Å²) in [5.74, 6) is -1.36. The number of halogens is 2.